The third kappa shape index (κ3) is 4.34. The van der Waals surface area contributed by atoms with Crippen molar-refractivity contribution in [1.29, 1.82) is 0 Å². The molecule has 0 spiro atoms. The molecule has 0 heterocycles. The van der Waals surface area contributed by atoms with Gasteiger partial charge in [-0.3, -0.25) is 4.79 Å². The van der Waals surface area contributed by atoms with Crippen molar-refractivity contribution in [3.63, 3.8) is 0 Å². The van der Waals surface area contributed by atoms with E-state index < -0.39 is 0 Å². The molecule has 1 amide bonds. The molecule has 0 saturated carbocycles. The number of nitrogens with one attached hydrogen (secondary N) is 1. The fourth-order valence-corrected chi connectivity index (χ4v) is 1.04. The second kappa shape index (κ2) is 5.14. The molecule has 0 fully saturated rings. The van der Waals surface area contributed by atoms with Gasteiger partial charge < -0.3 is 9.80 Å². The molecule has 0 saturated heterocycles. The maximum Gasteiger partial charge on any atom is 0.217 e. The molecule has 0 aromatic carbocycles. The summed E-state index contributed by atoms with van der Waals surface area (Å²) in [6.07, 6.45) is 0. The first-order valence-corrected chi connectivity index (χ1v) is 4.62. The van der Waals surface area contributed by atoms with Gasteiger partial charge in [0, 0.05) is 6.92 Å². The summed E-state index contributed by atoms with van der Waals surface area (Å²) >= 11 is 0. The molecule has 0 radical (unpaired) electrons. The predicted octanol–water partition coefficient (Wildman–Crippen LogP) is 0.609. The Balaban J connectivity index is 3.65. The Labute approximate surface area is 75.3 Å². The number of rotatable bonds is 5. The van der Waals surface area contributed by atoms with Crippen LogP contribution in [-0.2, 0) is 4.79 Å². The smallest absolute Gasteiger partial charge is 0.217 e. The van der Waals surface area contributed by atoms with Crippen LogP contribution in [-0.4, -0.2) is 43.6 Å². The topological polar surface area (TPSA) is 29.1 Å². The van der Waals surface area contributed by atoms with Gasteiger partial charge in [0.1, 0.15) is 0 Å². The molecule has 0 atom stereocenters. The summed E-state index contributed by atoms with van der Waals surface area (Å²) in [4.78, 5) is 10.6. The van der Waals surface area contributed by atoms with E-state index in [1.165, 1.54) is 0 Å². The van der Waals surface area contributed by atoms with E-state index in [1.807, 2.05) is 0 Å². The Kier molecular flexibility index (Phi) is 4.90. The molecular weight excluding hydrogens is 152 g/mol. The normalized spacial score (nSPS) is 11.3. The van der Waals surface area contributed by atoms with Crippen molar-refractivity contribution in [2.24, 2.45) is 0 Å². The van der Waals surface area contributed by atoms with Crippen molar-refractivity contribution >= 4 is 5.91 Å². The number of quaternary nitrogens is 1. The lowest BCUT2D eigenvalue weighted by Gasteiger charge is -2.32. The minimum absolute atomic E-state index is 0.0637. The van der Waals surface area contributed by atoms with Crippen LogP contribution >= 0.6 is 0 Å². The predicted molar refractivity (Wildman–Crippen MR) is 50.8 cm³/mol. The summed E-state index contributed by atoms with van der Waals surface area (Å²) in [5.41, 5.74) is 0. The highest BCUT2D eigenvalue weighted by Crippen LogP contribution is 1.98. The SMILES string of the molecule is CC[N+](C)(CC)CCNC(C)=O. The Morgan fingerprint density at radius 1 is 1.33 bits per heavy atom. The molecule has 1 N–H and O–H groups in total. The molecule has 0 bridgehead atoms. The zero-order chi connectivity index (χ0) is 9.61. The van der Waals surface area contributed by atoms with Crippen LogP contribution in [0.2, 0.25) is 0 Å². The highest BCUT2D eigenvalue weighted by molar-refractivity contribution is 5.72. The van der Waals surface area contributed by atoms with E-state index in [-0.39, 0.29) is 5.91 Å². The molecule has 0 aliphatic rings. The molecule has 0 aliphatic heterocycles. The van der Waals surface area contributed by atoms with Crippen LogP contribution in [0.5, 0.6) is 0 Å². The second-order valence-corrected chi connectivity index (χ2v) is 3.46. The van der Waals surface area contributed by atoms with E-state index >= 15 is 0 Å². The molecule has 0 unspecified atom stereocenters. The molecule has 3 nitrogen and oxygen atoms in total. The summed E-state index contributed by atoms with van der Waals surface area (Å²) in [7, 11) is 2.21. The number of hydrogen-bond donors (Lipinski definition) is 1. The standard InChI is InChI=1S/C9H20N2O/c1-5-11(4,6-2)8-7-10-9(3)12/h5-8H2,1-4H3/p+1. The maximum absolute atomic E-state index is 10.6. The van der Waals surface area contributed by atoms with Gasteiger partial charge >= 0.3 is 0 Å². The van der Waals surface area contributed by atoms with Crippen molar-refractivity contribution in [3.8, 4) is 0 Å². The van der Waals surface area contributed by atoms with Gasteiger partial charge in [0.15, 0.2) is 0 Å². The molecular formula is C9H21N2O+. The van der Waals surface area contributed by atoms with Crippen LogP contribution < -0.4 is 5.32 Å². The molecule has 3 heteroatoms. The molecule has 0 aromatic rings. The van der Waals surface area contributed by atoms with Gasteiger partial charge in [-0.25, -0.2) is 0 Å². The lowest BCUT2D eigenvalue weighted by molar-refractivity contribution is -0.904. The monoisotopic (exact) mass is 173 g/mol. The zero-order valence-electron chi connectivity index (χ0n) is 8.68. The first-order chi connectivity index (χ1) is 5.54. The van der Waals surface area contributed by atoms with Crippen LogP contribution in [0.3, 0.4) is 0 Å². The summed E-state index contributed by atoms with van der Waals surface area (Å²) < 4.78 is 1.03. The highest BCUT2D eigenvalue weighted by Gasteiger charge is 2.14. The number of carbonyl (C=O) groups is 1. The van der Waals surface area contributed by atoms with Crippen molar-refractivity contribution in [2.75, 3.05) is 33.2 Å². The largest absolute Gasteiger partial charge is 0.351 e. The third-order valence-electron chi connectivity index (χ3n) is 2.55. The Morgan fingerprint density at radius 2 is 1.83 bits per heavy atom. The van der Waals surface area contributed by atoms with Crippen molar-refractivity contribution in [3.05, 3.63) is 0 Å². The molecule has 0 aromatic heterocycles. The summed E-state index contributed by atoms with van der Waals surface area (Å²) in [5, 5.41) is 2.82. The molecule has 72 valence electrons. The van der Waals surface area contributed by atoms with E-state index in [0.29, 0.717) is 0 Å². The molecule has 12 heavy (non-hydrogen) atoms. The molecule has 0 aliphatic carbocycles. The average molecular weight is 173 g/mol. The second-order valence-electron chi connectivity index (χ2n) is 3.46. The van der Waals surface area contributed by atoms with Crippen LogP contribution in [0.4, 0.5) is 0 Å². The van der Waals surface area contributed by atoms with E-state index in [0.717, 1.165) is 30.7 Å². The van der Waals surface area contributed by atoms with Gasteiger partial charge in [-0.2, -0.15) is 0 Å². The number of amides is 1. The Morgan fingerprint density at radius 3 is 2.17 bits per heavy atom. The quantitative estimate of drug-likeness (QED) is 0.606. The fourth-order valence-electron chi connectivity index (χ4n) is 1.04. The number of nitrogens with zero attached hydrogens (tertiary/aromatic N) is 1. The lowest BCUT2D eigenvalue weighted by atomic mass is 10.4. The highest BCUT2D eigenvalue weighted by atomic mass is 16.1. The van der Waals surface area contributed by atoms with Crippen molar-refractivity contribution in [1.82, 2.24) is 5.32 Å². The number of carbonyl (C=O) groups excluding carboxylic acids is 1. The molecule has 0 rings (SSSR count). The maximum atomic E-state index is 10.6. The van der Waals surface area contributed by atoms with Gasteiger partial charge in [0.25, 0.3) is 0 Å². The summed E-state index contributed by atoms with van der Waals surface area (Å²) in [5.74, 6) is 0.0637. The van der Waals surface area contributed by atoms with Crippen LogP contribution in [0.15, 0.2) is 0 Å². The van der Waals surface area contributed by atoms with Crippen molar-refractivity contribution < 1.29 is 9.28 Å². The summed E-state index contributed by atoms with van der Waals surface area (Å²) in [6, 6.07) is 0. The fraction of sp³-hybridized carbons (Fsp3) is 0.889. The van der Waals surface area contributed by atoms with Gasteiger partial charge in [-0.15, -0.1) is 0 Å². The zero-order valence-corrected chi connectivity index (χ0v) is 8.68. The first-order valence-electron chi connectivity index (χ1n) is 4.62. The van der Waals surface area contributed by atoms with E-state index in [2.05, 4.69) is 26.2 Å². The Hall–Kier alpha value is -0.570. The van der Waals surface area contributed by atoms with Gasteiger partial charge in [-0.1, -0.05) is 0 Å². The Bertz CT molecular complexity index is 141. The van der Waals surface area contributed by atoms with Gasteiger partial charge in [0.2, 0.25) is 5.91 Å². The van der Waals surface area contributed by atoms with E-state index in [1.54, 1.807) is 6.92 Å². The van der Waals surface area contributed by atoms with Gasteiger partial charge in [-0.05, 0) is 13.8 Å². The van der Waals surface area contributed by atoms with Crippen molar-refractivity contribution in [2.45, 2.75) is 20.8 Å². The van der Waals surface area contributed by atoms with Crippen LogP contribution in [0.25, 0.3) is 0 Å². The lowest BCUT2D eigenvalue weighted by Crippen LogP contribution is -2.48. The number of likely N-dealkylation sites (N-methyl/N-ethyl adjacent to an activating group) is 1. The third-order valence-corrected chi connectivity index (χ3v) is 2.55. The summed E-state index contributed by atoms with van der Waals surface area (Å²) in [6.45, 7) is 9.96. The minimum Gasteiger partial charge on any atom is -0.351 e. The average Bonchev–Trinajstić information content (AvgIpc) is 2.03. The van der Waals surface area contributed by atoms with Crippen LogP contribution in [0.1, 0.15) is 20.8 Å². The van der Waals surface area contributed by atoms with Crippen LogP contribution in [0, 0.1) is 0 Å². The van der Waals surface area contributed by atoms with E-state index in [4.69, 9.17) is 0 Å². The van der Waals surface area contributed by atoms with E-state index in [9.17, 15) is 4.79 Å². The van der Waals surface area contributed by atoms with Gasteiger partial charge in [0.05, 0.1) is 33.2 Å². The first kappa shape index (κ1) is 11.4. The minimum atomic E-state index is 0.0637. The number of hydrogen-bond acceptors (Lipinski definition) is 1.